The highest BCUT2D eigenvalue weighted by molar-refractivity contribution is 6.06. The lowest BCUT2D eigenvalue weighted by atomic mass is 10.1. The Morgan fingerprint density at radius 2 is 1.64 bits per heavy atom. The fraction of sp³-hybridized carbons (Fsp3) is 0.263. The molecule has 0 heterocycles. The SMILES string of the molecule is Cc1cc(C(=O)NC(C)C)ccc1NC(=O)c1cc(N)ccc1C.Cl. The van der Waals surface area contributed by atoms with E-state index in [1.807, 2.05) is 33.8 Å². The van der Waals surface area contributed by atoms with Crippen LogP contribution in [0.5, 0.6) is 0 Å². The Hall–Kier alpha value is -2.53. The predicted octanol–water partition coefficient (Wildman–Crippen LogP) is 3.70. The molecular formula is C19H24ClN3O2. The van der Waals surface area contributed by atoms with Gasteiger partial charge in [0, 0.05) is 28.5 Å². The number of benzene rings is 2. The van der Waals surface area contributed by atoms with Gasteiger partial charge in [-0.15, -0.1) is 12.4 Å². The molecule has 0 aliphatic heterocycles. The number of rotatable bonds is 4. The topological polar surface area (TPSA) is 84.2 Å². The van der Waals surface area contributed by atoms with Gasteiger partial charge in [0.2, 0.25) is 0 Å². The number of hydrogen-bond acceptors (Lipinski definition) is 3. The monoisotopic (exact) mass is 361 g/mol. The van der Waals surface area contributed by atoms with Crippen LogP contribution in [0.15, 0.2) is 36.4 Å². The fourth-order valence-corrected chi connectivity index (χ4v) is 2.36. The summed E-state index contributed by atoms with van der Waals surface area (Å²) in [6.07, 6.45) is 0. The van der Waals surface area contributed by atoms with Gasteiger partial charge in [-0.25, -0.2) is 0 Å². The number of halogens is 1. The normalized spacial score (nSPS) is 10.1. The van der Waals surface area contributed by atoms with Crippen LogP contribution in [0.1, 0.15) is 45.7 Å². The zero-order valence-electron chi connectivity index (χ0n) is 14.8. The maximum atomic E-state index is 12.5. The molecule has 2 rings (SSSR count). The Bertz CT molecular complexity index is 788. The standard InChI is InChI=1S/C19H23N3O2.ClH/c1-11(2)21-18(23)14-6-8-17(13(4)9-14)22-19(24)16-10-15(20)7-5-12(16)3;/h5-11H,20H2,1-4H3,(H,21,23)(H,22,24);1H. The van der Waals surface area contributed by atoms with E-state index in [2.05, 4.69) is 10.6 Å². The van der Waals surface area contributed by atoms with Crippen molar-refractivity contribution in [2.75, 3.05) is 11.1 Å². The zero-order valence-corrected chi connectivity index (χ0v) is 15.7. The van der Waals surface area contributed by atoms with E-state index in [4.69, 9.17) is 5.73 Å². The fourth-order valence-electron chi connectivity index (χ4n) is 2.36. The van der Waals surface area contributed by atoms with Gasteiger partial charge in [0.1, 0.15) is 0 Å². The summed E-state index contributed by atoms with van der Waals surface area (Å²) in [7, 11) is 0. The smallest absolute Gasteiger partial charge is 0.256 e. The van der Waals surface area contributed by atoms with Gasteiger partial charge in [-0.05, 0) is 69.2 Å². The molecule has 0 fully saturated rings. The Kier molecular flexibility index (Phi) is 7.00. The van der Waals surface area contributed by atoms with Gasteiger partial charge in [-0.3, -0.25) is 9.59 Å². The van der Waals surface area contributed by atoms with Crippen LogP contribution in [0, 0.1) is 13.8 Å². The first-order chi connectivity index (χ1) is 11.3. The quantitative estimate of drug-likeness (QED) is 0.726. The molecule has 0 unspecified atom stereocenters. The molecule has 4 N–H and O–H groups in total. The van der Waals surface area contributed by atoms with Crippen molar-refractivity contribution in [3.05, 3.63) is 58.7 Å². The number of amides is 2. The van der Waals surface area contributed by atoms with Crippen LogP contribution in [-0.2, 0) is 0 Å². The average molecular weight is 362 g/mol. The van der Waals surface area contributed by atoms with Crippen LogP contribution in [0.25, 0.3) is 0 Å². The number of carbonyl (C=O) groups excluding carboxylic acids is 2. The number of nitrogens with two attached hydrogens (primary N) is 1. The molecule has 0 radical (unpaired) electrons. The summed E-state index contributed by atoms with van der Waals surface area (Å²) < 4.78 is 0. The number of nitrogens with one attached hydrogen (secondary N) is 2. The first-order valence-corrected chi connectivity index (χ1v) is 7.87. The van der Waals surface area contributed by atoms with Crippen LogP contribution in [-0.4, -0.2) is 17.9 Å². The second-order valence-corrected chi connectivity index (χ2v) is 6.19. The van der Waals surface area contributed by atoms with E-state index >= 15 is 0 Å². The number of carbonyl (C=O) groups is 2. The minimum atomic E-state index is -0.220. The van der Waals surface area contributed by atoms with Crippen molar-refractivity contribution >= 4 is 35.6 Å². The van der Waals surface area contributed by atoms with Gasteiger partial charge in [-0.2, -0.15) is 0 Å². The first-order valence-electron chi connectivity index (χ1n) is 7.87. The summed E-state index contributed by atoms with van der Waals surface area (Å²) in [5.41, 5.74) is 9.75. The van der Waals surface area contributed by atoms with Gasteiger partial charge in [-0.1, -0.05) is 6.07 Å². The van der Waals surface area contributed by atoms with Crippen molar-refractivity contribution in [3.63, 3.8) is 0 Å². The molecule has 2 aromatic rings. The Balaban J connectivity index is 0.00000312. The van der Waals surface area contributed by atoms with Crippen LogP contribution in [0.4, 0.5) is 11.4 Å². The van der Waals surface area contributed by atoms with Crippen molar-refractivity contribution in [3.8, 4) is 0 Å². The highest BCUT2D eigenvalue weighted by Gasteiger charge is 2.13. The van der Waals surface area contributed by atoms with Gasteiger partial charge in [0.15, 0.2) is 0 Å². The van der Waals surface area contributed by atoms with E-state index < -0.39 is 0 Å². The number of hydrogen-bond donors (Lipinski definition) is 3. The molecular weight excluding hydrogens is 338 g/mol. The molecule has 25 heavy (non-hydrogen) atoms. The maximum absolute atomic E-state index is 12.5. The average Bonchev–Trinajstić information content (AvgIpc) is 2.50. The van der Waals surface area contributed by atoms with Crippen molar-refractivity contribution in [2.45, 2.75) is 33.7 Å². The van der Waals surface area contributed by atoms with E-state index in [1.165, 1.54) is 0 Å². The van der Waals surface area contributed by atoms with Crippen molar-refractivity contribution in [2.24, 2.45) is 0 Å². The summed E-state index contributed by atoms with van der Waals surface area (Å²) in [4.78, 5) is 24.5. The van der Waals surface area contributed by atoms with Crippen LogP contribution < -0.4 is 16.4 Å². The second-order valence-electron chi connectivity index (χ2n) is 6.19. The molecule has 0 spiro atoms. The third-order valence-corrected chi connectivity index (χ3v) is 3.66. The third kappa shape index (κ3) is 5.22. The molecule has 0 aliphatic carbocycles. The summed E-state index contributed by atoms with van der Waals surface area (Å²) >= 11 is 0. The Morgan fingerprint density at radius 1 is 0.960 bits per heavy atom. The largest absolute Gasteiger partial charge is 0.399 e. The van der Waals surface area contributed by atoms with Gasteiger partial charge in [0.05, 0.1) is 0 Å². The van der Waals surface area contributed by atoms with Gasteiger partial charge < -0.3 is 16.4 Å². The van der Waals surface area contributed by atoms with Crippen LogP contribution in [0.2, 0.25) is 0 Å². The Morgan fingerprint density at radius 3 is 2.24 bits per heavy atom. The molecule has 0 bridgehead atoms. The minimum absolute atomic E-state index is 0. The molecule has 5 nitrogen and oxygen atoms in total. The third-order valence-electron chi connectivity index (χ3n) is 3.66. The molecule has 2 aromatic carbocycles. The lowest BCUT2D eigenvalue weighted by molar-refractivity contribution is 0.0942. The number of nitrogen functional groups attached to an aromatic ring is 1. The Labute approximate surface area is 154 Å². The molecule has 0 aliphatic rings. The molecule has 0 aromatic heterocycles. The lowest BCUT2D eigenvalue weighted by Gasteiger charge is -2.13. The van der Waals surface area contributed by atoms with Gasteiger partial charge in [0.25, 0.3) is 11.8 Å². The highest BCUT2D eigenvalue weighted by atomic mass is 35.5. The van der Waals surface area contributed by atoms with E-state index in [0.717, 1.165) is 11.1 Å². The van der Waals surface area contributed by atoms with Crippen LogP contribution in [0.3, 0.4) is 0 Å². The van der Waals surface area contributed by atoms with Crippen molar-refractivity contribution < 1.29 is 9.59 Å². The molecule has 2 amide bonds. The zero-order chi connectivity index (χ0) is 17.9. The summed E-state index contributed by atoms with van der Waals surface area (Å²) in [5.74, 6) is -0.347. The molecule has 0 saturated carbocycles. The summed E-state index contributed by atoms with van der Waals surface area (Å²) in [6, 6.07) is 10.5. The van der Waals surface area contributed by atoms with Gasteiger partial charge >= 0.3 is 0 Å². The second kappa shape index (κ2) is 8.53. The summed E-state index contributed by atoms with van der Waals surface area (Å²) in [5, 5.41) is 5.72. The van der Waals surface area contributed by atoms with Crippen molar-refractivity contribution in [1.29, 1.82) is 0 Å². The van der Waals surface area contributed by atoms with E-state index in [9.17, 15) is 9.59 Å². The minimum Gasteiger partial charge on any atom is -0.399 e. The first kappa shape index (κ1) is 20.5. The lowest BCUT2D eigenvalue weighted by Crippen LogP contribution is -2.30. The van der Waals surface area contributed by atoms with E-state index in [1.54, 1.807) is 30.3 Å². The molecule has 0 atom stereocenters. The van der Waals surface area contributed by atoms with Crippen molar-refractivity contribution in [1.82, 2.24) is 5.32 Å². The number of anilines is 2. The van der Waals surface area contributed by atoms with E-state index in [-0.39, 0.29) is 30.3 Å². The van der Waals surface area contributed by atoms with Crippen LogP contribution >= 0.6 is 12.4 Å². The maximum Gasteiger partial charge on any atom is 0.256 e. The summed E-state index contributed by atoms with van der Waals surface area (Å²) in [6.45, 7) is 7.54. The predicted molar refractivity (Wildman–Crippen MR) is 105 cm³/mol. The number of aryl methyl sites for hydroxylation is 2. The highest BCUT2D eigenvalue weighted by Crippen LogP contribution is 2.20. The molecule has 6 heteroatoms. The molecule has 134 valence electrons. The van der Waals surface area contributed by atoms with E-state index in [0.29, 0.717) is 22.5 Å². The molecule has 0 saturated heterocycles.